The first-order chi connectivity index (χ1) is 12.3. The summed E-state index contributed by atoms with van der Waals surface area (Å²) in [5.74, 6) is 0.716. The maximum Gasteiger partial charge on any atom is 0.503 e. The molecule has 26 heavy (non-hydrogen) atoms. The summed E-state index contributed by atoms with van der Waals surface area (Å²) in [6.07, 6.45) is 4.15. The molecule has 0 amide bonds. The second-order valence-electron chi connectivity index (χ2n) is 6.93. The van der Waals surface area contributed by atoms with Crippen LogP contribution < -0.4 is 0 Å². The number of carbonyl (C=O) groups is 1. The van der Waals surface area contributed by atoms with Gasteiger partial charge in [-0.25, -0.2) is 4.79 Å². The molecule has 2 aromatic carbocycles. The third-order valence-electron chi connectivity index (χ3n) is 5.21. The smallest absolute Gasteiger partial charge is 0.503 e. The van der Waals surface area contributed by atoms with E-state index in [4.69, 9.17) is 15.0 Å². The van der Waals surface area contributed by atoms with Crippen LogP contribution in [-0.4, -0.2) is 26.6 Å². The van der Waals surface area contributed by atoms with Crippen molar-refractivity contribution in [2.24, 2.45) is 0 Å². The van der Waals surface area contributed by atoms with Crippen molar-refractivity contribution in [2.75, 3.05) is 0 Å². The lowest BCUT2D eigenvalue weighted by atomic mass is 9.65. The Balaban J connectivity index is 0.000000552. The summed E-state index contributed by atoms with van der Waals surface area (Å²) in [6.45, 7) is 3.91. The Kier molecular flexibility index (Phi) is 6.14. The van der Waals surface area contributed by atoms with Crippen molar-refractivity contribution in [3.63, 3.8) is 0 Å². The molecule has 0 unspecified atom stereocenters. The first-order valence-electron chi connectivity index (χ1n) is 8.78. The van der Waals surface area contributed by atoms with E-state index in [0.29, 0.717) is 11.5 Å². The lowest BCUT2D eigenvalue weighted by Gasteiger charge is -2.39. The number of rotatable bonds is 2. The van der Waals surface area contributed by atoms with Crippen LogP contribution in [0.1, 0.15) is 54.4 Å². The molecule has 0 aromatic heterocycles. The summed E-state index contributed by atoms with van der Waals surface area (Å²) < 4.78 is 0. The van der Waals surface area contributed by atoms with Crippen LogP contribution in [0.25, 0.3) is 0 Å². The molecule has 5 nitrogen and oxygen atoms in total. The molecular formula is C21H26O5. The molecule has 0 heterocycles. The fourth-order valence-corrected chi connectivity index (χ4v) is 3.81. The molecular weight excluding hydrogens is 332 g/mol. The van der Waals surface area contributed by atoms with Crippen molar-refractivity contribution in [3.05, 3.63) is 58.7 Å². The summed E-state index contributed by atoms with van der Waals surface area (Å²) in [6, 6.07) is 12.0. The molecule has 3 rings (SSSR count). The fraction of sp³-hybridized carbons (Fsp3) is 0.381. The number of aromatic hydroxyl groups is 2. The molecule has 0 radical (unpaired) electrons. The van der Waals surface area contributed by atoms with Gasteiger partial charge >= 0.3 is 6.16 Å². The molecule has 1 aliphatic rings. The maximum atomic E-state index is 9.84. The quantitative estimate of drug-likeness (QED) is 0.592. The first kappa shape index (κ1) is 19.6. The van der Waals surface area contributed by atoms with Crippen molar-refractivity contribution >= 4 is 6.16 Å². The number of benzene rings is 2. The molecule has 0 saturated heterocycles. The Labute approximate surface area is 153 Å². The van der Waals surface area contributed by atoms with E-state index < -0.39 is 6.16 Å². The minimum Gasteiger partial charge on any atom is -0.508 e. The van der Waals surface area contributed by atoms with Crippen LogP contribution in [0.5, 0.6) is 11.5 Å². The summed E-state index contributed by atoms with van der Waals surface area (Å²) in [4.78, 5) is 8.56. The predicted molar refractivity (Wildman–Crippen MR) is 100 cm³/mol. The highest BCUT2D eigenvalue weighted by molar-refractivity contribution is 5.53. The molecule has 0 bridgehead atoms. The van der Waals surface area contributed by atoms with Crippen molar-refractivity contribution in [1.29, 1.82) is 0 Å². The number of carboxylic acid groups (broad SMARTS) is 2. The Bertz CT molecular complexity index is 718. The minimum atomic E-state index is -1.83. The Morgan fingerprint density at radius 3 is 1.54 bits per heavy atom. The van der Waals surface area contributed by atoms with Crippen molar-refractivity contribution in [1.82, 2.24) is 0 Å². The van der Waals surface area contributed by atoms with Gasteiger partial charge in [-0.2, -0.15) is 0 Å². The highest BCUT2D eigenvalue weighted by Gasteiger charge is 2.36. The van der Waals surface area contributed by atoms with Gasteiger partial charge in [0.2, 0.25) is 0 Å². The lowest BCUT2D eigenvalue weighted by Crippen LogP contribution is -2.30. The van der Waals surface area contributed by atoms with Gasteiger partial charge in [0.05, 0.1) is 0 Å². The van der Waals surface area contributed by atoms with Crippen LogP contribution in [0.4, 0.5) is 4.79 Å². The van der Waals surface area contributed by atoms with Gasteiger partial charge in [-0.3, -0.25) is 0 Å². The van der Waals surface area contributed by atoms with Gasteiger partial charge in [0.15, 0.2) is 0 Å². The average molecular weight is 358 g/mol. The van der Waals surface area contributed by atoms with Gasteiger partial charge in [-0.15, -0.1) is 0 Å². The fourth-order valence-electron chi connectivity index (χ4n) is 3.81. The Morgan fingerprint density at radius 1 is 0.808 bits per heavy atom. The monoisotopic (exact) mass is 358 g/mol. The van der Waals surface area contributed by atoms with Crippen LogP contribution in [0.3, 0.4) is 0 Å². The van der Waals surface area contributed by atoms with Crippen LogP contribution >= 0.6 is 0 Å². The number of aryl methyl sites for hydroxylation is 2. The number of phenols is 2. The van der Waals surface area contributed by atoms with Gasteiger partial charge in [-0.05, 0) is 61.1 Å². The van der Waals surface area contributed by atoms with Gasteiger partial charge < -0.3 is 20.4 Å². The van der Waals surface area contributed by atoms with Gasteiger partial charge in [-0.1, -0.05) is 43.5 Å². The number of phenolic OH excluding ortho intramolecular Hbond substituents is 2. The lowest BCUT2D eigenvalue weighted by molar-refractivity contribution is 0.137. The SMILES string of the molecule is Cc1cc(C2(c3ccc(O)c(C)c3)CCCCC2)ccc1O.O=C(O)O. The zero-order chi connectivity index (χ0) is 19.3. The summed E-state index contributed by atoms with van der Waals surface area (Å²) >= 11 is 0. The molecule has 0 aliphatic heterocycles. The number of hydrogen-bond donors (Lipinski definition) is 4. The summed E-state index contributed by atoms with van der Waals surface area (Å²) in [5, 5.41) is 33.6. The van der Waals surface area contributed by atoms with E-state index in [-0.39, 0.29) is 5.41 Å². The standard InChI is InChI=1S/C20H24O2.CH2O3/c1-14-12-16(6-8-18(14)21)20(10-4-3-5-11-20)17-7-9-19(22)15(2)13-17;2-1(3)4/h6-9,12-13,21-22H,3-5,10-11H2,1-2H3;(H2,2,3,4). The molecule has 4 N–H and O–H groups in total. The molecule has 0 spiro atoms. The summed E-state index contributed by atoms with van der Waals surface area (Å²) in [7, 11) is 0. The molecule has 140 valence electrons. The maximum absolute atomic E-state index is 9.84. The van der Waals surface area contributed by atoms with Crippen LogP contribution in [0.15, 0.2) is 36.4 Å². The second kappa shape index (κ2) is 8.13. The number of hydrogen-bond acceptors (Lipinski definition) is 3. The highest BCUT2D eigenvalue weighted by atomic mass is 16.6. The van der Waals surface area contributed by atoms with Gasteiger partial charge in [0.1, 0.15) is 11.5 Å². The molecule has 1 saturated carbocycles. The zero-order valence-corrected chi connectivity index (χ0v) is 15.2. The van der Waals surface area contributed by atoms with Gasteiger partial charge in [0.25, 0.3) is 0 Å². The van der Waals surface area contributed by atoms with E-state index in [1.54, 1.807) is 0 Å². The highest BCUT2D eigenvalue weighted by Crippen LogP contribution is 2.46. The molecule has 1 fully saturated rings. The van der Waals surface area contributed by atoms with Crippen molar-refractivity contribution in [3.8, 4) is 11.5 Å². The molecule has 1 aliphatic carbocycles. The van der Waals surface area contributed by atoms with Crippen LogP contribution in [-0.2, 0) is 5.41 Å². The van der Waals surface area contributed by atoms with Crippen molar-refractivity contribution < 1.29 is 25.2 Å². The topological polar surface area (TPSA) is 98.0 Å². The zero-order valence-electron chi connectivity index (χ0n) is 15.2. The van der Waals surface area contributed by atoms with Crippen LogP contribution in [0.2, 0.25) is 0 Å². The van der Waals surface area contributed by atoms with Crippen molar-refractivity contribution in [2.45, 2.75) is 51.4 Å². The third kappa shape index (κ3) is 4.28. The second-order valence-corrected chi connectivity index (χ2v) is 6.93. The van der Waals surface area contributed by atoms with E-state index in [2.05, 4.69) is 24.3 Å². The average Bonchev–Trinajstić information content (AvgIpc) is 2.60. The minimum absolute atomic E-state index is 0.00910. The van der Waals surface area contributed by atoms with E-state index >= 15 is 0 Å². The summed E-state index contributed by atoms with van der Waals surface area (Å²) in [5.41, 5.74) is 4.44. The molecule has 0 atom stereocenters. The van der Waals surface area contributed by atoms with Crippen LogP contribution in [0, 0.1) is 13.8 Å². The third-order valence-corrected chi connectivity index (χ3v) is 5.21. The largest absolute Gasteiger partial charge is 0.508 e. The Hall–Kier alpha value is -2.69. The van der Waals surface area contributed by atoms with Gasteiger partial charge in [0, 0.05) is 5.41 Å². The van der Waals surface area contributed by atoms with E-state index in [1.165, 1.54) is 30.4 Å². The molecule has 5 heteroatoms. The van der Waals surface area contributed by atoms with E-state index in [1.807, 2.05) is 26.0 Å². The van der Waals surface area contributed by atoms with E-state index in [0.717, 1.165) is 24.0 Å². The predicted octanol–water partition coefficient (Wildman–Crippen LogP) is 5.19. The van der Waals surface area contributed by atoms with E-state index in [9.17, 15) is 10.2 Å². The first-order valence-corrected chi connectivity index (χ1v) is 8.78. The molecule has 2 aromatic rings. The normalized spacial score (nSPS) is 15.6. The Morgan fingerprint density at radius 2 is 1.19 bits per heavy atom.